The van der Waals surface area contributed by atoms with Crippen molar-refractivity contribution in [2.75, 3.05) is 25.0 Å². The predicted octanol–water partition coefficient (Wildman–Crippen LogP) is 4.62. The van der Waals surface area contributed by atoms with Crippen molar-refractivity contribution >= 4 is 46.7 Å². The molecule has 0 saturated carbocycles. The number of hydrogen-bond acceptors (Lipinski definition) is 6. The number of esters is 1. The van der Waals surface area contributed by atoms with Crippen molar-refractivity contribution in [2.45, 2.75) is 26.2 Å². The number of carbonyl (C=O) groups excluding carboxylic acids is 3. The van der Waals surface area contributed by atoms with E-state index < -0.39 is 11.9 Å². The van der Waals surface area contributed by atoms with Crippen LogP contribution in [-0.4, -0.2) is 47.5 Å². The van der Waals surface area contributed by atoms with Gasteiger partial charge in [-0.3, -0.25) is 9.59 Å². The van der Waals surface area contributed by atoms with Crippen LogP contribution in [0.3, 0.4) is 0 Å². The predicted molar refractivity (Wildman–Crippen MR) is 120 cm³/mol. The van der Waals surface area contributed by atoms with E-state index in [1.54, 1.807) is 11.8 Å². The summed E-state index contributed by atoms with van der Waals surface area (Å²) in [5.74, 6) is -2.09. The summed E-state index contributed by atoms with van der Waals surface area (Å²) in [6, 6.07) is 6.99. The standard InChI is InChI=1S/C22H22Cl2N2O6/c1-2-31-22(30)20(28)25-13-10-16(23)19(17(24)11-13)32-14-6-7-18(27)15(12-14)21(29)26-8-4-3-5-9-26/h6-7,10-12,27H,2-5,8-9H2,1H3,(H,25,28). The Morgan fingerprint density at radius 2 is 1.72 bits per heavy atom. The molecule has 1 heterocycles. The van der Waals surface area contributed by atoms with Crippen LogP contribution in [0.4, 0.5) is 5.69 Å². The Hall–Kier alpha value is -2.97. The topological polar surface area (TPSA) is 105 Å². The van der Waals surface area contributed by atoms with Crippen molar-refractivity contribution in [3.05, 3.63) is 45.9 Å². The third-order valence-corrected chi connectivity index (χ3v) is 5.34. The summed E-state index contributed by atoms with van der Waals surface area (Å²) in [7, 11) is 0. The van der Waals surface area contributed by atoms with Gasteiger partial charge in [0.15, 0.2) is 5.75 Å². The number of nitrogens with one attached hydrogen (secondary N) is 1. The highest BCUT2D eigenvalue weighted by Gasteiger charge is 2.22. The second-order valence-electron chi connectivity index (χ2n) is 7.08. The van der Waals surface area contributed by atoms with E-state index in [0.717, 1.165) is 19.3 Å². The molecular weight excluding hydrogens is 459 g/mol. The maximum absolute atomic E-state index is 12.8. The van der Waals surface area contributed by atoms with E-state index in [0.29, 0.717) is 13.1 Å². The minimum atomic E-state index is -1.03. The number of aromatic hydroxyl groups is 1. The average molecular weight is 481 g/mol. The van der Waals surface area contributed by atoms with E-state index in [4.69, 9.17) is 27.9 Å². The SMILES string of the molecule is CCOC(=O)C(=O)Nc1cc(Cl)c(Oc2ccc(O)c(C(=O)N3CCCCC3)c2)c(Cl)c1. The average Bonchev–Trinajstić information content (AvgIpc) is 2.77. The number of benzene rings is 2. The lowest BCUT2D eigenvalue weighted by Gasteiger charge is -2.27. The molecule has 0 unspecified atom stereocenters. The largest absolute Gasteiger partial charge is 0.507 e. The molecule has 1 aliphatic rings. The number of ether oxygens (including phenoxy) is 2. The molecule has 1 fully saturated rings. The van der Waals surface area contributed by atoms with Crippen molar-refractivity contribution in [1.29, 1.82) is 0 Å². The smallest absolute Gasteiger partial charge is 0.397 e. The molecule has 2 aromatic rings. The summed E-state index contributed by atoms with van der Waals surface area (Å²) in [4.78, 5) is 37.8. The summed E-state index contributed by atoms with van der Waals surface area (Å²) in [6.07, 6.45) is 2.92. The molecule has 3 rings (SSSR count). The van der Waals surface area contributed by atoms with E-state index in [1.165, 1.54) is 30.3 Å². The number of amides is 2. The highest BCUT2D eigenvalue weighted by molar-refractivity contribution is 6.39. The molecule has 0 atom stereocenters. The van der Waals surface area contributed by atoms with Crippen LogP contribution in [-0.2, 0) is 14.3 Å². The Morgan fingerprint density at radius 3 is 2.34 bits per heavy atom. The Balaban J connectivity index is 1.79. The normalized spacial score (nSPS) is 13.4. The van der Waals surface area contributed by atoms with Gasteiger partial charge in [0.2, 0.25) is 0 Å². The van der Waals surface area contributed by atoms with Gasteiger partial charge >= 0.3 is 11.9 Å². The molecule has 0 spiro atoms. The number of likely N-dealkylation sites (tertiary alicyclic amines) is 1. The molecule has 0 aliphatic carbocycles. The molecule has 1 aliphatic heterocycles. The quantitative estimate of drug-likeness (QED) is 0.477. The highest BCUT2D eigenvalue weighted by atomic mass is 35.5. The summed E-state index contributed by atoms with van der Waals surface area (Å²) < 4.78 is 10.4. The van der Waals surface area contributed by atoms with E-state index >= 15 is 0 Å². The molecule has 0 radical (unpaired) electrons. The first-order valence-electron chi connectivity index (χ1n) is 10.1. The molecule has 8 nitrogen and oxygen atoms in total. The zero-order valence-electron chi connectivity index (χ0n) is 17.3. The maximum Gasteiger partial charge on any atom is 0.397 e. The van der Waals surface area contributed by atoms with E-state index in [1.807, 2.05) is 0 Å². The van der Waals surface area contributed by atoms with Crippen molar-refractivity contribution < 1.29 is 29.0 Å². The first-order valence-corrected chi connectivity index (χ1v) is 10.8. The van der Waals surface area contributed by atoms with Crippen LogP contribution in [0.1, 0.15) is 36.5 Å². The van der Waals surface area contributed by atoms with Gasteiger partial charge in [-0.1, -0.05) is 23.2 Å². The molecule has 32 heavy (non-hydrogen) atoms. The maximum atomic E-state index is 12.8. The summed E-state index contributed by atoms with van der Waals surface area (Å²) in [5.41, 5.74) is 0.298. The van der Waals surface area contributed by atoms with Gasteiger partial charge in [-0.2, -0.15) is 0 Å². The van der Waals surface area contributed by atoms with Gasteiger partial charge in [0.25, 0.3) is 5.91 Å². The van der Waals surface area contributed by atoms with Crippen LogP contribution in [0.2, 0.25) is 10.0 Å². The minimum Gasteiger partial charge on any atom is -0.507 e. The summed E-state index contributed by atoms with van der Waals surface area (Å²) in [5, 5.41) is 12.7. The van der Waals surface area contributed by atoms with Gasteiger partial charge in [-0.15, -0.1) is 0 Å². The van der Waals surface area contributed by atoms with Crippen molar-refractivity contribution in [2.24, 2.45) is 0 Å². The lowest BCUT2D eigenvalue weighted by atomic mass is 10.1. The van der Waals surface area contributed by atoms with Gasteiger partial charge in [-0.25, -0.2) is 4.79 Å². The number of rotatable bonds is 5. The number of phenolic OH excluding ortho intramolecular Hbond substituents is 1. The Kier molecular flexibility index (Phi) is 7.82. The van der Waals surface area contributed by atoms with Gasteiger partial charge in [0, 0.05) is 18.8 Å². The lowest BCUT2D eigenvalue weighted by Crippen LogP contribution is -2.35. The van der Waals surface area contributed by atoms with Crippen LogP contribution in [0.15, 0.2) is 30.3 Å². The molecule has 10 heteroatoms. The van der Waals surface area contributed by atoms with Crippen LogP contribution in [0.25, 0.3) is 0 Å². The molecule has 0 bridgehead atoms. The number of nitrogens with zero attached hydrogens (tertiary/aromatic N) is 1. The van der Waals surface area contributed by atoms with E-state index in [-0.39, 0.29) is 51.1 Å². The minimum absolute atomic E-state index is 0.0636. The van der Waals surface area contributed by atoms with Crippen molar-refractivity contribution in [3.63, 3.8) is 0 Å². The zero-order chi connectivity index (χ0) is 23.3. The third kappa shape index (κ3) is 5.63. The molecule has 2 amide bonds. The molecule has 1 saturated heterocycles. The lowest BCUT2D eigenvalue weighted by molar-refractivity contribution is -0.152. The monoisotopic (exact) mass is 480 g/mol. The summed E-state index contributed by atoms with van der Waals surface area (Å²) in [6.45, 7) is 2.93. The molecule has 0 aromatic heterocycles. The number of carbonyl (C=O) groups is 3. The van der Waals surface area contributed by atoms with E-state index in [2.05, 4.69) is 10.1 Å². The fourth-order valence-electron chi connectivity index (χ4n) is 3.24. The second kappa shape index (κ2) is 10.6. The first-order chi connectivity index (χ1) is 15.3. The van der Waals surface area contributed by atoms with Crippen molar-refractivity contribution in [1.82, 2.24) is 4.90 Å². The van der Waals surface area contributed by atoms with Crippen LogP contribution in [0, 0.1) is 0 Å². The number of halogens is 2. The first kappa shape index (κ1) is 23.7. The molecular formula is C22H22Cl2N2O6. The van der Waals surface area contributed by atoms with E-state index in [9.17, 15) is 19.5 Å². The van der Waals surface area contributed by atoms with Gasteiger partial charge in [0.1, 0.15) is 11.5 Å². The fourth-order valence-corrected chi connectivity index (χ4v) is 3.81. The second-order valence-corrected chi connectivity index (χ2v) is 7.89. The van der Waals surface area contributed by atoms with Crippen molar-refractivity contribution in [3.8, 4) is 17.2 Å². The van der Waals surface area contributed by atoms with Crippen LogP contribution in [0.5, 0.6) is 17.2 Å². The number of hydrogen-bond donors (Lipinski definition) is 2. The zero-order valence-corrected chi connectivity index (χ0v) is 18.8. The number of anilines is 1. The van der Waals surface area contributed by atoms with Gasteiger partial charge in [0.05, 0.1) is 22.2 Å². The van der Waals surface area contributed by atoms with Gasteiger partial charge in [-0.05, 0) is 56.5 Å². The van der Waals surface area contributed by atoms with Gasteiger partial charge < -0.3 is 24.8 Å². The Bertz CT molecular complexity index is 1010. The van der Waals surface area contributed by atoms with Crippen LogP contribution >= 0.6 is 23.2 Å². The number of piperidine rings is 1. The summed E-state index contributed by atoms with van der Waals surface area (Å²) >= 11 is 12.5. The molecule has 2 aromatic carbocycles. The highest BCUT2D eigenvalue weighted by Crippen LogP contribution is 2.39. The van der Waals surface area contributed by atoms with Crippen LogP contribution < -0.4 is 10.1 Å². The Morgan fingerprint density at radius 1 is 1.06 bits per heavy atom. The molecule has 170 valence electrons. The molecule has 2 N–H and O–H groups in total. The number of phenols is 1. The fraction of sp³-hybridized carbons (Fsp3) is 0.318. The third-order valence-electron chi connectivity index (χ3n) is 4.78. The Labute approximate surface area is 195 Å².